The zero-order valence-electron chi connectivity index (χ0n) is 14.9. The molecule has 0 atom stereocenters. The van der Waals surface area contributed by atoms with Gasteiger partial charge in [0.15, 0.2) is 11.2 Å². The Hall–Kier alpha value is -3.14. The van der Waals surface area contributed by atoms with E-state index >= 15 is 0 Å². The van der Waals surface area contributed by atoms with E-state index < -0.39 is 11.2 Å². The standard InChI is InChI=1S/C19H21N5O2/c1-14(2)8-10-22-13-21-17-16(22)18(25)23(11-9-20)19(26)24(17)12-15-6-4-3-5-7-15/h3-7,13-14H,8,10-12H2,1-2H3. The Labute approximate surface area is 150 Å². The molecule has 0 fully saturated rings. The normalized spacial score (nSPS) is 11.2. The van der Waals surface area contributed by atoms with Gasteiger partial charge < -0.3 is 4.57 Å². The lowest BCUT2D eigenvalue weighted by molar-refractivity contribution is 0.521. The number of rotatable bonds is 6. The highest BCUT2D eigenvalue weighted by atomic mass is 16.2. The molecule has 0 unspecified atom stereocenters. The molecule has 0 aliphatic carbocycles. The highest BCUT2D eigenvalue weighted by Gasteiger charge is 2.18. The molecule has 3 aromatic rings. The molecule has 0 bridgehead atoms. The van der Waals surface area contributed by atoms with E-state index in [9.17, 15) is 9.59 Å². The molecule has 0 amide bonds. The number of hydrogen-bond acceptors (Lipinski definition) is 4. The Morgan fingerprint density at radius 2 is 1.88 bits per heavy atom. The molecule has 3 rings (SSSR count). The number of nitrogens with zero attached hydrogens (tertiary/aromatic N) is 5. The van der Waals surface area contributed by atoms with Gasteiger partial charge in [-0.15, -0.1) is 0 Å². The predicted octanol–water partition coefficient (Wildman–Crippen LogP) is 1.98. The Morgan fingerprint density at radius 1 is 1.15 bits per heavy atom. The summed E-state index contributed by atoms with van der Waals surface area (Å²) in [7, 11) is 0. The van der Waals surface area contributed by atoms with Crippen LogP contribution in [0.4, 0.5) is 0 Å². The Balaban J connectivity index is 2.21. The highest BCUT2D eigenvalue weighted by molar-refractivity contribution is 5.70. The summed E-state index contributed by atoms with van der Waals surface area (Å²) in [5.74, 6) is 0.476. The van der Waals surface area contributed by atoms with Gasteiger partial charge in [-0.25, -0.2) is 14.3 Å². The number of imidazole rings is 1. The van der Waals surface area contributed by atoms with E-state index in [2.05, 4.69) is 18.8 Å². The van der Waals surface area contributed by atoms with Gasteiger partial charge in [0.05, 0.1) is 18.9 Å². The maximum absolute atomic E-state index is 12.8. The fourth-order valence-electron chi connectivity index (χ4n) is 2.92. The van der Waals surface area contributed by atoms with Gasteiger partial charge in [-0.05, 0) is 17.9 Å². The molecule has 26 heavy (non-hydrogen) atoms. The number of aromatic nitrogens is 4. The van der Waals surface area contributed by atoms with Gasteiger partial charge in [-0.2, -0.15) is 5.26 Å². The molecule has 2 aromatic heterocycles. The van der Waals surface area contributed by atoms with Gasteiger partial charge in [0.2, 0.25) is 0 Å². The summed E-state index contributed by atoms with van der Waals surface area (Å²) < 4.78 is 4.24. The molecule has 1 aromatic carbocycles. The van der Waals surface area contributed by atoms with Gasteiger partial charge in [0.25, 0.3) is 5.56 Å². The minimum atomic E-state index is -0.512. The average molecular weight is 351 g/mol. The van der Waals surface area contributed by atoms with Crippen molar-refractivity contribution in [1.29, 1.82) is 5.26 Å². The molecule has 0 N–H and O–H groups in total. The highest BCUT2D eigenvalue weighted by Crippen LogP contribution is 2.12. The molecule has 0 aliphatic rings. The van der Waals surface area contributed by atoms with Crippen molar-refractivity contribution in [3.63, 3.8) is 0 Å². The largest absolute Gasteiger partial charge is 0.333 e. The molecule has 7 nitrogen and oxygen atoms in total. The van der Waals surface area contributed by atoms with Crippen molar-refractivity contribution >= 4 is 11.2 Å². The first kappa shape index (κ1) is 17.7. The Bertz CT molecular complexity index is 1070. The second-order valence-electron chi connectivity index (χ2n) is 6.70. The predicted molar refractivity (Wildman–Crippen MR) is 98.9 cm³/mol. The lowest BCUT2D eigenvalue weighted by Crippen LogP contribution is -2.40. The number of hydrogen-bond donors (Lipinski definition) is 0. The number of fused-ring (bicyclic) bond motifs is 1. The van der Waals surface area contributed by atoms with Crippen molar-refractivity contribution in [1.82, 2.24) is 18.7 Å². The summed E-state index contributed by atoms with van der Waals surface area (Å²) in [6, 6.07) is 11.4. The third-order valence-corrected chi connectivity index (χ3v) is 4.34. The van der Waals surface area contributed by atoms with Crippen LogP contribution in [-0.2, 0) is 19.6 Å². The molecular weight excluding hydrogens is 330 g/mol. The molecule has 134 valence electrons. The van der Waals surface area contributed by atoms with Gasteiger partial charge in [0, 0.05) is 6.54 Å². The molecule has 2 heterocycles. The summed E-state index contributed by atoms with van der Waals surface area (Å²) >= 11 is 0. The van der Waals surface area contributed by atoms with Crippen LogP contribution in [0.15, 0.2) is 46.2 Å². The minimum absolute atomic E-state index is 0.280. The first-order valence-corrected chi connectivity index (χ1v) is 8.62. The summed E-state index contributed by atoms with van der Waals surface area (Å²) in [6.07, 6.45) is 2.49. The quantitative estimate of drug-likeness (QED) is 0.679. The van der Waals surface area contributed by atoms with E-state index in [0.717, 1.165) is 16.6 Å². The average Bonchev–Trinajstić information content (AvgIpc) is 3.05. The van der Waals surface area contributed by atoms with Crippen LogP contribution < -0.4 is 11.2 Å². The van der Waals surface area contributed by atoms with Gasteiger partial charge in [-0.3, -0.25) is 9.36 Å². The second-order valence-corrected chi connectivity index (χ2v) is 6.70. The van der Waals surface area contributed by atoms with Crippen molar-refractivity contribution in [2.24, 2.45) is 5.92 Å². The van der Waals surface area contributed by atoms with E-state index in [4.69, 9.17) is 5.26 Å². The maximum Gasteiger partial charge on any atom is 0.333 e. The van der Waals surface area contributed by atoms with Crippen molar-refractivity contribution in [3.05, 3.63) is 63.1 Å². The van der Waals surface area contributed by atoms with E-state index in [1.807, 2.05) is 36.4 Å². The molecule has 7 heteroatoms. The fraction of sp³-hybridized carbons (Fsp3) is 0.368. The molecule has 0 saturated heterocycles. The Morgan fingerprint density at radius 3 is 2.54 bits per heavy atom. The molecule has 0 radical (unpaired) electrons. The summed E-state index contributed by atoms with van der Waals surface area (Å²) in [5.41, 5.74) is 0.687. The fourth-order valence-corrected chi connectivity index (χ4v) is 2.92. The first-order chi connectivity index (χ1) is 12.5. The van der Waals surface area contributed by atoms with Crippen LogP contribution >= 0.6 is 0 Å². The monoisotopic (exact) mass is 351 g/mol. The molecule has 0 saturated carbocycles. The van der Waals surface area contributed by atoms with Crippen LogP contribution in [-0.4, -0.2) is 18.7 Å². The van der Waals surface area contributed by atoms with E-state index in [1.54, 1.807) is 10.9 Å². The number of benzene rings is 1. The molecule has 0 spiro atoms. The topological polar surface area (TPSA) is 85.6 Å². The van der Waals surface area contributed by atoms with Crippen LogP contribution in [0.2, 0.25) is 0 Å². The molecule has 0 aliphatic heterocycles. The lowest BCUT2D eigenvalue weighted by atomic mass is 10.1. The van der Waals surface area contributed by atoms with Crippen LogP contribution in [0.25, 0.3) is 11.2 Å². The summed E-state index contributed by atoms with van der Waals surface area (Å²) in [6.45, 7) is 4.87. The van der Waals surface area contributed by atoms with E-state index in [1.165, 1.54) is 4.57 Å². The zero-order valence-corrected chi connectivity index (χ0v) is 14.9. The van der Waals surface area contributed by atoms with Crippen molar-refractivity contribution in [2.75, 3.05) is 0 Å². The van der Waals surface area contributed by atoms with Crippen molar-refractivity contribution in [2.45, 2.75) is 39.9 Å². The third kappa shape index (κ3) is 3.31. The summed E-state index contributed by atoms with van der Waals surface area (Å²) in [5, 5.41) is 9.04. The van der Waals surface area contributed by atoms with Crippen LogP contribution in [0.1, 0.15) is 25.8 Å². The third-order valence-electron chi connectivity index (χ3n) is 4.34. The van der Waals surface area contributed by atoms with E-state index in [-0.39, 0.29) is 6.54 Å². The van der Waals surface area contributed by atoms with Crippen LogP contribution in [0, 0.1) is 17.2 Å². The van der Waals surface area contributed by atoms with Crippen molar-refractivity contribution in [3.8, 4) is 6.07 Å². The van der Waals surface area contributed by atoms with E-state index in [0.29, 0.717) is 30.2 Å². The minimum Gasteiger partial charge on any atom is -0.325 e. The molecular formula is C19H21N5O2. The SMILES string of the molecule is CC(C)CCn1cnc2c1c(=O)n(CC#N)c(=O)n2Cc1ccccc1. The van der Waals surface area contributed by atoms with Gasteiger partial charge in [0.1, 0.15) is 6.54 Å². The van der Waals surface area contributed by atoms with Crippen LogP contribution in [0.3, 0.4) is 0 Å². The maximum atomic E-state index is 12.8. The van der Waals surface area contributed by atoms with Gasteiger partial charge in [-0.1, -0.05) is 44.2 Å². The summed E-state index contributed by atoms with van der Waals surface area (Å²) in [4.78, 5) is 30.0. The second kappa shape index (κ2) is 7.40. The number of aryl methyl sites for hydroxylation is 1. The lowest BCUT2D eigenvalue weighted by Gasteiger charge is -2.11. The van der Waals surface area contributed by atoms with Crippen LogP contribution in [0.5, 0.6) is 0 Å². The first-order valence-electron chi connectivity index (χ1n) is 8.62. The number of nitriles is 1. The van der Waals surface area contributed by atoms with Gasteiger partial charge >= 0.3 is 5.69 Å². The van der Waals surface area contributed by atoms with Crippen molar-refractivity contribution < 1.29 is 0 Å². The zero-order chi connectivity index (χ0) is 18.7. The Kier molecular flexibility index (Phi) is 5.03. The smallest absolute Gasteiger partial charge is 0.325 e.